The maximum atomic E-state index is 12.3. The van der Waals surface area contributed by atoms with Crippen LogP contribution in [0.2, 0.25) is 0 Å². The molecule has 0 aromatic carbocycles. The van der Waals surface area contributed by atoms with Crippen LogP contribution in [-0.4, -0.2) is 85.5 Å². The van der Waals surface area contributed by atoms with Crippen LogP contribution in [0.15, 0.2) is 0 Å². The van der Waals surface area contributed by atoms with Crippen molar-refractivity contribution in [3.05, 3.63) is 0 Å². The summed E-state index contributed by atoms with van der Waals surface area (Å²) in [5, 5.41) is 0. The SMILES string of the molecule is CC(C)(C)CC(=O)N1CCN(C(=O)CN2CCOCC2)CC1. The number of piperazine rings is 1. The first-order valence-corrected chi connectivity index (χ1v) is 8.21. The number of morpholine rings is 1. The molecule has 2 saturated heterocycles. The number of amides is 2. The Morgan fingerprint density at radius 3 is 1.86 bits per heavy atom. The molecule has 0 aromatic heterocycles. The Kier molecular flexibility index (Phi) is 5.81. The summed E-state index contributed by atoms with van der Waals surface area (Å²) in [7, 11) is 0. The van der Waals surface area contributed by atoms with Gasteiger partial charge in [-0.1, -0.05) is 20.8 Å². The summed E-state index contributed by atoms with van der Waals surface area (Å²) in [5.41, 5.74) is 0.0143. The van der Waals surface area contributed by atoms with E-state index in [0.717, 1.165) is 13.1 Å². The van der Waals surface area contributed by atoms with Crippen molar-refractivity contribution in [3.63, 3.8) is 0 Å². The van der Waals surface area contributed by atoms with Crippen LogP contribution in [0.3, 0.4) is 0 Å². The number of hydrogen-bond donors (Lipinski definition) is 0. The molecule has 6 nitrogen and oxygen atoms in total. The van der Waals surface area contributed by atoms with Crippen LogP contribution in [0.5, 0.6) is 0 Å². The molecular weight excluding hydrogens is 282 g/mol. The fourth-order valence-electron chi connectivity index (χ4n) is 2.82. The van der Waals surface area contributed by atoms with Gasteiger partial charge in [0.05, 0.1) is 19.8 Å². The molecule has 0 aromatic rings. The van der Waals surface area contributed by atoms with Crippen LogP contribution >= 0.6 is 0 Å². The van der Waals surface area contributed by atoms with Gasteiger partial charge in [-0.3, -0.25) is 14.5 Å². The van der Waals surface area contributed by atoms with Gasteiger partial charge in [0.2, 0.25) is 11.8 Å². The largest absolute Gasteiger partial charge is 0.379 e. The van der Waals surface area contributed by atoms with E-state index in [0.29, 0.717) is 52.4 Å². The Balaban J connectivity index is 1.74. The molecule has 0 aliphatic carbocycles. The van der Waals surface area contributed by atoms with E-state index in [4.69, 9.17) is 4.74 Å². The average molecular weight is 311 g/mol. The second-order valence-electron chi connectivity index (χ2n) is 7.39. The third-order valence-electron chi connectivity index (χ3n) is 4.13. The molecule has 2 fully saturated rings. The van der Waals surface area contributed by atoms with Gasteiger partial charge in [0.25, 0.3) is 0 Å². The van der Waals surface area contributed by atoms with Crippen molar-refractivity contribution >= 4 is 11.8 Å². The van der Waals surface area contributed by atoms with E-state index in [9.17, 15) is 9.59 Å². The smallest absolute Gasteiger partial charge is 0.236 e. The molecule has 6 heteroatoms. The highest BCUT2D eigenvalue weighted by molar-refractivity contribution is 5.80. The number of rotatable bonds is 3. The Morgan fingerprint density at radius 1 is 0.864 bits per heavy atom. The van der Waals surface area contributed by atoms with E-state index in [1.807, 2.05) is 9.80 Å². The van der Waals surface area contributed by atoms with Gasteiger partial charge >= 0.3 is 0 Å². The maximum absolute atomic E-state index is 12.3. The number of hydrogen-bond acceptors (Lipinski definition) is 4. The summed E-state index contributed by atoms with van der Waals surface area (Å²) < 4.78 is 5.30. The second-order valence-corrected chi connectivity index (χ2v) is 7.39. The van der Waals surface area contributed by atoms with E-state index in [2.05, 4.69) is 25.7 Å². The first-order chi connectivity index (χ1) is 10.3. The van der Waals surface area contributed by atoms with Crippen molar-refractivity contribution in [2.24, 2.45) is 5.41 Å². The zero-order valence-corrected chi connectivity index (χ0v) is 14.1. The highest BCUT2D eigenvalue weighted by Crippen LogP contribution is 2.20. The molecule has 2 rings (SSSR count). The van der Waals surface area contributed by atoms with E-state index < -0.39 is 0 Å². The molecular formula is C16H29N3O3. The van der Waals surface area contributed by atoms with E-state index in [1.165, 1.54) is 0 Å². The van der Waals surface area contributed by atoms with Gasteiger partial charge in [0, 0.05) is 45.7 Å². The number of ether oxygens (including phenoxy) is 1. The van der Waals surface area contributed by atoms with Crippen LogP contribution in [0.4, 0.5) is 0 Å². The molecule has 126 valence electrons. The lowest BCUT2D eigenvalue weighted by molar-refractivity contribution is -0.141. The van der Waals surface area contributed by atoms with Crippen molar-refractivity contribution < 1.29 is 14.3 Å². The molecule has 0 N–H and O–H groups in total. The van der Waals surface area contributed by atoms with Gasteiger partial charge in [-0.15, -0.1) is 0 Å². The summed E-state index contributed by atoms with van der Waals surface area (Å²) >= 11 is 0. The molecule has 0 saturated carbocycles. The first-order valence-electron chi connectivity index (χ1n) is 8.21. The molecule has 0 radical (unpaired) electrons. The average Bonchev–Trinajstić information content (AvgIpc) is 2.46. The third-order valence-corrected chi connectivity index (χ3v) is 4.13. The second kappa shape index (κ2) is 7.42. The molecule has 0 unspecified atom stereocenters. The summed E-state index contributed by atoms with van der Waals surface area (Å²) in [6.07, 6.45) is 0.564. The number of carbonyl (C=O) groups is 2. The first kappa shape index (κ1) is 17.2. The lowest BCUT2D eigenvalue weighted by Gasteiger charge is -2.37. The van der Waals surface area contributed by atoms with Crippen LogP contribution in [0.1, 0.15) is 27.2 Å². The third kappa shape index (κ3) is 5.25. The molecule has 0 atom stereocenters. The van der Waals surface area contributed by atoms with Crippen molar-refractivity contribution in [3.8, 4) is 0 Å². The molecule has 0 bridgehead atoms. The van der Waals surface area contributed by atoms with Crippen molar-refractivity contribution in [2.75, 3.05) is 59.0 Å². The minimum Gasteiger partial charge on any atom is -0.379 e. The normalized spacial score (nSPS) is 21.0. The summed E-state index contributed by atoms with van der Waals surface area (Å²) in [5.74, 6) is 0.373. The van der Waals surface area contributed by atoms with Crippen LogP contribution in [-0.2, 0) is 14.3 Å². The van der Waals surface area contributed by atoms with Crippen molar-refractivity contribution in [1.29, 1.82) is 0 Å². The zero-order valence-electron chi connectivity index (χ0n) is 14.1. The fraction of sp³-hybridized carbons (Fsp3) is 0.875. The van der Waals surface area contributed by atoms with Gasteiger partial charge < -0.3 is 14.5 Å². The molecule has 2 amide bonds. The summed E-state index contributed by atoms with van der Waals surface area (Å²) in [6.45, 7) is 12.4. The summed E-state index contributed by atoms with van der Waals surface area (Å²) in [4.78, 5) is 30.4. The minimum atomic E-state index is 0.0143. The topological polar surface area (TPSA) is 53.1 Å². The lowest BCUT2D eigenvalue weighted by Crippen LogP contribution is -2.53. The Labute approximate surface area is 133 Å². The highest BCUT2D eigenvalue weighted by atomic mass is 16.5. The Hall–Kier alpha value is -1.14. The van der Waals surface area contributed by atoms with Gasteiger partial charge in [0.1, 0.15) is 0 Å². The van der Waals surface area contributed by atoms with Gasteiger partial charge in [-0.05, 0) is 5.41 Å². The van der Waals surface area contributed by atoms with Crippen LogP contribution in [0, 0.1) is 5.41 Å². The number of carbonyl (C=O) groups excluding carboxylic acids is 2. The lowest BCUT2D eigenvalue weighted by atomic mass is 9.91. The fourth-order valence-corrected chi connectivity index (χ4v) is 2.82. The Morgan fingerprint density at radius 2 is 1.36 bits per heavy atom. The zero-order chi connectivity index (χ0) is 16.2. The molecule has 0 spiro atoms. The molecule has 2 aliphatic heterocycles. The monoisotopic (exact) mass is 311 g/mol. The molecule has 2 heterocycles. The van der Waals surface area contributed by atoms with Crippen molar-refractivity contribution in [2.45, 2.75) is 27.2 Å². The Bertz CT molecular complexity index is 392. The standard InChI is InChI=1S/C16H29N3O3/c1-16(2,3)12-14(20)18-4-6-19(7-5-18)15(21)13-17-8-10-22-11-9-17/h4-13H2,1-3H3. The predicted molar refractivity (Wildman–Crippen MR) is 84.5 cm³/mol. The quantitative estimate of drug-likeness (QED) is 0.758. The van der Waals surface area contributed by atoms with Crippen LogP contribution in [0.25, 0.3) is 0 Å². The predicted octanol–water partition coefficient (Wildman–Crippen LogP) is 0.426. The minimum absolute atomic E-state index is 0.0143. The van der Waals surface area contributed by atoms with E-state index >= 15 is 0 Å². The van der Waals surface area contributed by atoms with Crippen LogP contribution < -0.4 is 0 Å². The number of nitrogens with zero attached hydrogens (tertiary/aromatic N) is 3. The molecule has 2 aliphatic rings. The summed E-state index contributed by atoms with van der Waals surface area (Å²) in [6, 6.07) is 0. The van der Waals surface area contributed by atoms with E-state index in [-0.39, 0.29) is 17.2 Å². The molecule has 22 heavy (non-hydrogen) atoms. The van der Waals surface area contributed by atoms with E-state index in [1.54, 1.807) is 0 Å². The van der Waals surface area contributed by atoms with Crippen molar-refractivity contribution in [1.82, 2.24) is 14.7 Å². The maximum Gasteiger partial charge on any atom is 0.236 e. The van der Waals surface area contributed by atoms with Gasteiger partial charge in [0.15, 0.2) is 0 Å². The highest BCUT2D eigenvalue weighted by Gasteiger charge is 2.27. The van der Waals surface area contributed by atoms with Gasteiger partial charge in [-0.2, -0.15) is 0 Å². The van der Waals surface area contributed by atoms with Gasteiger partial charge in [-0.25, -0.2) is 0 Å².